The Bertz CT molecular complexity index is 1520. The molecule has 0 unspecified atom stereocenters. The number of aromatic nitrogens is 4. The van der Waals surface area contributed by atoms with Crippen LogP contribution in [0.5, 0.6) is 5.88 Å². The molecule has 0 spiro atoms. The Morgan fingerprint density at radius 2 is 1.71 bits per heavy atom. The summed E-state index contributed by atoms with van der Waals surface area (Å²) in [5, 5.41) is 1.10. The fourth-order valence-corrected chi connectivity index (χ4v) is 5.24. The SMILES string of the molecule is CN(C)CCCOc1ccc(-c2ccc3ncc4nc(-c5ccccc5)n(C5CCOCC5)c4c3c2)cn1. The minimum absolute atomic E-state index is 0.323. The fourth-order valence-electron chi connectivity index (χ4n) is 5.24. The number of imidazole rings is 1. The second kappa shape index (κ2) is 10.9. The number of benzene rings is 2. The molecule has 0 N–H and O–H groups in total. The van der Waals surface area contributed by atoms with Crippen molar-refractivity contribution < 1.29 is 9.47 Å². The van der Waals surface area contributed by atoms with E-state index in [1.165, 1.54) is 0 Å². The van der Waals surface area contributed by atoms with E-state index in [1.54, 1.807) is 0 Å². The smallest absolute Gasteiger partial charge is 0.213 e. The molecule has 1 aliphatic rings. The zero-order valence-electron chi connectivity index (χ0n) is 22.0. The van der Waals surface area contributed by atoms with E-state index >= 15 is 0 Å². The van der Waals surface area contributed by atoms with Crippen molar-refractivity contribution in [3.05, 3.63) is 73.1 Å². The summed E-state index contributed by atoms with van der Waals surface area (Å²) in [7, 11) is 4.14. The molecule has 0 amide bonds. The summed E-state index contributed by atoms with van der Waals surface area (Å²) in [5.74, 6) is 1.65. The Hall–Kier alpha value is -3.81. The molecule has 2 aromatic carbocycles. The minimum atomic E-state index is 0.323. The van der Waals surface area contributed by atoms with Crippen LogP contribution in [0.3, 0.4) is 0 Å². The maximum Gasteiger partial charge on any atom is 0.213 e. The number of nitrogens with zero attached hydrogens (tertiary/aromatic N) is 5. The number of hydrogen-bond acceptors (Lipinski definition) is 6. The quantitative estimate of drug-likeness (QED) is 0.240. The Morgan fingerprint density at radius 3 is 2.47 bits per heavy atom. The highest BCUT2D eigenvalue weighted by Crippen LogP contribution is 2.37. The number of rotatable bonds is 8. The number of pyridine rings is 2. The lowest BCUT2D eigenvalue weighted by Crippen LogP contribution is -2.20. The lowest BCUT2D eigenvalue weighted by molar-refractivity contribution is 0.0710. The van der Waals surface area contributed by atoms with Gasteiger partial charge in [0.1, 0.15) is 11.3 Å². The molecule has 5 aromatic rings. The summed E-state index contributed by atoms with van der Waals surface area (Å²) in [6, 6.07) is 21.2. The van der Waals surface area contributed by atoms with Crippen LogP contribution in [0.15, 0.2) is 73.1 Å². The Labute approximate surface area is 223 Å². The standard InChI is InChI=1S/C31H33N5O2/c1-35(2)15-6-16-38-29-12-10-24(20-33-29)23-9-11-27-26(19-23)30-28(21-32-27)34-31(22-7-4-3-5-8-22)36(30)25-13-17-37-18-14-25/h3-5,7-12,19-21,25H,6,13-18H2,1-2H3. The monoisotopic (exact) mass is 507 g/mol. The Kier molecular flexibility index (Phi) is 7.03. The Morgan fingerprint density at radius 1 is 0.895 bits per heavy atom. The molecule has 6 rings (SSSR count). The third kappa shape index (κ3) is 4.99. The highest BCUT2D eigenvalue weighted by atomic mass is 16.5. The lowest BCUT2D eigenvalue weighted by atomic mass is 10.0. The normalized spacial score (nSPS) is 14.5. The minimum Gasteiger partial charge on any atom is -0.478 e. The zero-order chi connectivity index (χ0) is 25.9. The zero-order valence-corrected chi connectivity index (χ0v) is 22.0. The van der Waals surface area contributed by atoms with Crippen LogP contribution in [0.25, 0.3) is 44.5 Å². The molecule has 7 nitrogen and oxygen atoms in total. The van der Waals surface area contributed by atoms with E-state index < -0.39 is 0 Å². The van der Waals surface area contributed by atoms with Gasteiger partial charge in [0, 0.05) is 54.6 Å². The summed E-state index contributed by atoms with van der Waals surface area (Å²) in [5.41, 5.74) is 6.27. The predicted octanol–water partition coefficient (Wildman–Crippen LogP) is 6.00. The van der Waals surface area contributed by atoms with Crippen molar-refractivity contribution in [3.8, 4) is 28.4 Å². The highest BCUT2D eigenvalue weighted by molar-refractivity contribution is 6.05. The molecule has 0 radical (unpaired) electrons. The van der Waals surface area contributed by atoms with Crippen molar-refractivity contribution in [1.82, 2.24) is 24.4 Å². The van der Waals surface area contributed by atoms with E-state index in [4.69, 9.17) is 19.4 Å². The molecule has 194 valence electrons. The molecule has 0 aliphatic carbocycles. The van der Waals surface area contributed by atoms with E-state index in [0.717, 1.165) is 83.5 Å². The van der Waals surface area contributed by atoms with Crippen LogP contribution in [0.1, 0.15) is 25.3 Å². The van der Waals surface area contributed by atoms with Crippen LogP contribution < -0.4 is 4.74 Å². The average Bonchev–Trinajstić information content (AvgIpc) is 3.37. The van der Waals surface area contributed by atoms with Crippen LogP contribution in [0.2, 0.25) is 0 Å². The predicted molar refractivity (Wildman–Crippen MR) is 151 cm³/mol. The first-order valence-corrected chi connectivity index (χ1v) is 13.4. The summed E-state index contributed by atoms with van der Waals surface area (Å²) < 4.78 is 14.0. The van der Waals surface area contributed by atoms with Gasteiger partial charge in [-0.1, -0.05) is 36.4 Å². The van der Waals surface area contributed by atoms with Gasteiger partial charge >= 0.3 is 0 Å². The molecule has 3 aromatic heterocycles. The van der Waals surface area contributed by atoms with Gasteiger partial charge in [-0.25, -0.2) is 9.97 Å². The molecule has 38 heavy (non-hydrogen) atoms. The van der Waals surface area contributed by atoms with Crippen LogP contribution in [0.4, 0.5) is 0 Å². The van der Waals surface area contributed by atoms with Gasteiger partial charge in [-0.15, -0.1) is 0 Å². The molecular weight excluding hydrogens is 474 g/mol. The molecule has 0 atom stereocenters. The highest BCUT2D eigenvalue weighted by Gasteiger charge is 2.24. The molecule has 1 fully saturated rings. The van der Waals surface area contributed by atoms with Crippen molar-refractivity contribution in [1.29, 1.82) is 0 Å². The number of fused-ring (bicyclic) bond motifs is 3. The van der Waals surface area contributed by atoms with Crippen molar-refractivity contribution in [2.75, 3.05) is 40.5 Å². The maximum absolute atomic E-state index is 5.83. The van der Waals surface area contributed by atoms with E-state index in [-0.39, 0.29) is 0 Å². The molecule has 1 aliphatic heterocycles. The summed E-state index contributed by atoms with van der Waals surface area (Å²) in [6.45, 7) is 3.18. The van der Waals surface area contributed by atoms with E-state index in [2.05, 4.69) is 77.1 Å². The molecule has 0 bridgehead atoms. The van der Waals surface area contributed by atoms with E-state index in [9.17, 15) is 0 Å². The van der Waals surface area contributed by atoms with Gasteiger partial charge in [-0.2, -0.15) is 0 Å². The van der Waals surface area contributed by atoms with Gasteiger partial charge in [0.25, 0.3) is 0 Å². The average molecular weight is 508 g/mol. The van der Waals surface area contributed by atoms with Crippen LogP contribution in [-0.4, -0.2) is 64.9 Å². The largest absolute Gasteiger partial charge is 0.478 e. The van der Waals surface area contributed by atoms with Gasteiger partial charge in [-0.3, -0.25) is 4.98 Å². The van der Waals surface area contributed by atoms with Crippen molar-refractivity contribution in [2.45, 2.75) is 25.3 Å². The van der Waals surface area contributed by atoms with E-state index in [1.807, 2.05) is 24.5 Å². The third-order valence-electron chi connectivity index (χ3n) is 7.17. The topological polar surface area (TPSA) is 65.3 Å². The van der Waals surface area contributed by atoms with Gasteiger partial charge < -0.3 is 18.9 Å². The first kappa shape index (κ1) is 24.5. The molecule has 0 saturated carbocycles. The summed E-state index contributed by atoms with van der Waals surface area (Å²) >= 11 is 0. The van der Waals surface area contributed by atoms with Gasteiger partial charge in [0.15, 0.2) is 0 Å². The molecular formula is C31H33N5O2. The number of ether oxygens (including phenoxy) is 2. The Balaban J connectivity index is 1.40. The number of hydrogen-bond donors (Lipinski definition) is 0. The second-order valence-electron chi connectivity index (χ2n) is 10.1. The van der Waals surface area contributed by atoms with Crippen molar-refractivity contribution in [2.24, 2.45) is 0 Å². The molecule has 4 heterocycles. The van der Waals surface area contributed by atoms with Crippen LogP contribution >= 0.6 is 0 Å². The van der Waals surface area contributed by atoms with E-state index in [0.29, 0.717) is 18.5 Å². The first-order valence-electron chi connectivity index (χ1n) is 13.4. The molecule has 7 heteroatoms. The first-order chi connectivity index (χ1) is 18.7. The van der Waals surface area contributed by atoms with Gasteiger partial charge in [-0.05, 0) is 57.1 Å². The third-order valence-corrected chi connectivity index (χ3v) is 7.17. The fraction of sp³-hybridized carbons (Fsp3) is 0.323. The van der Waals surface area contributed by atoms with Gasteiger partial charge in [0.05, 0.1) is 23.8 Å². The van der Waals surface area contributed by atoms with Crippen molar-refractivity contribution >= 4 is 21.9 Å². The van der Waals surface area contributed by atoms with Crippen LogP contribution in [0, 0.1) is 0 Å². The summed E-state index contributed by atoms with van der Waals surface area (Å²) in [4.78, 5) is 16.6. The summed E-state index contributed by atoms with van der Waals surface area (Å²) in [6.07, 6.45) is 6.70. The second-order valence-corrected chi connectivity index (χ2v) is 10.1. The molecule has 1 saturated heterocycles. The van der Waals surface area contributed by atoms with Crippen LogP contribution in [-0.2, 0) is 4.74 Å². The maximum atomic E-state index is 5.83. The van der Waals surface area contributed by atoms with Crippen molar-refractivity contribution in [3.63, 3.8) is 0 Å². The van der Waals surface area contributed by atoms with Gasteiger partial charge in [0.2, 0.25) is 5.88 Å². The lowest BCUT2D eigenvalue weighted by Gasteiger charge is -2.26.